The van der Waals surface area contributed by atoms with Crippen LogP contribution in [-0.4, -0.2) is 14.2 Å². The summed E-state index contributed by atoms with van der Waals surface area (Å²) in [5, 5.41) is 0. The molecule has 3 rings (SSSR count). The smallest absolute Gasteiger partial charge is 0.118 e. The summed E-state index contributed by atoms with van der Waals surface area (Å²) in [7, 11) is 3.42. The van der Waals surface area contributed by atoms with Crippen molar-refractivity contribution in [1.29, 1.82) is 0 Å². The van der Waals surface area contributed by atoms with Gasteiger partial charge in [0.15, 0.2) is 0 Å². The van der Waals surface area contributed by atoms with Gasteiger partial charge in [-0.15, -0.1) is 0 Å². The van der Waals surface area contributed by atoms with Crippen LogP contribution in [0.5, 0.6) is 11.5 Å². The van der Waals surface area contributed by atoms with Gasteiger partial charge in [0.05, 0.1) is 14.2 Å². The first-order valence-corrected chi connectivity index (χ1v) is 11.2. The van der Waals surface area contributed by atoms with Gasteiger partial charge >= 0.3 is 0 Å². The highest BCUT2D eigenvalue weighted by Crippen LogP contribution is 2.40. The maximum absolute atomic E-state index is 5.26. The number of hydrogen-bond donors (Lipinski definition) is 0. The van der Waals surface area contributed by atoms with Gasteiger partial charge in [-0.2, -0.15) is 0 Å². The monoisotopic (exact) mass is 404 g/mol. The van der Waals surface area contributed by atoms with E-state index in [-0.39, 0.29) is 0 Å². The Morgan fingerprint density at radius 1 is 0.667 bits per heavy atom. The lowest BCUT2D eigenvalue weighted by Crippen LogP contribution is -2.28. The molecule has 2 heteroatoms. The van der Waals surface area contributed by atoms with Crippen molar-refractivity contribution in [3.05, 3.63) is 71.8 Å². The minimum atomic E-state index is 0.578. The maximum Gasteiger partial charge on any atom is 0.118 e. The van der Waals surface area contributed by atoms with Crippen LogP contribution < -0.4 is 9.47 Å². The van der Waals surface area contributed by atoms with Gasteiger partial charge in [-0.3, -0.25) is 0 Å². The first-order valence-electron chi connectivity index (χ1n) is 11.2. The normalized spacial score (nSPS) is 21.6. The van der Waals surface area contributed by atoms with E-state index in [9.17, 15) is 0 Å². The number of ether oxygens (including phenoxy) is 2. The Labute approximate surface area is 182 Å². The van der Waals surface area contributed by atoms with Crippen LogP contribution in [0.1, 0.15) is 50.7 Å². The van der Waals surface area contributed by atoms with Crippen LogP contribution in [-0.2, 0) is 0 Å². The summed E-state index contributed by atoms with van der Waals surface area (Å²) in [6.07, 6.45) is 14.7. The lowest BCUT2D eigenvalue weighted by molar-refractivity contribution is 0.160. The van der Waals surface area contributed by atoms with Crippen molar-refractivity contribution in [2.45, 2.75) is 39.5 Å². The Hall–Kier alpha value is -2.48. The van der Waals surface area contributed by atoms with E-state index < -0.39 is 0 Å². The van der Waals surface area contributed by atoms with Crippen LogP contribution in [0.4, 0.5) is 0 Å². The van der Waals surface area contributed by atoms with Gasteiger partial charge in [-0.25, -0.2) is 0 Å². The predicted molar refractivity (Wildman–Crippen MR) is 128 cm³/mol. The molecule has 0 aromatic heterocycles. The zero-order valence-electron chi connectivity index (χ0n) is 18.9. The summed E-state index contributed by atoms with van der Waals surface area (Å²) in [6, 6.07) is 16.6. The van der Waals surface area contributed by atoms with Gasteiger partial charge in [0, 0.05) is 0 Å². The molecule has 0 aliphatic heterocycles. The second kappa shape index (κ2) is 11.1. The van der Waals surface area contributed by atoms with Gasteiger partial charge in [0.2, 0.25) is 0 Å². The fourth-order valence-electron chi connectivity index (χ4n) is 4.74. The summed E-state index contributed by atoms with van der Waals surface area (Å²) < 4.78 is 10.5. The average Bonchev–Trinajstić information content (AvgIpc) is 2.81. The predicted octanol–water partition coefficient (Wildman–Crippen LogP) is 7.51. The summed E-state index contributed by atoms with van der Waals surface area (Å²) in [5.41, 5.74) is 2.48. The highest BCUT2D eigenvalue weighted by Gasteiger charge is 2.31. The van der Waals surface area contributed by atoms with Gasteiger partial charge in [-0.05, 0) is 71.9 Å². The summed E-state index contributed by atoms with van der Waals surface area (Å²) in [5.74, 6) is 4.45. The first-order chi connectivity index (χ1) is 14.6. The molecule has 160 valence electrons. The van der Waals surface area contributed by atoms with Crippen molar-refractivity contribution >= 4 is 12.2 Å². The Morgan fingerprint density at radius 3 is 1.37 bits per heavy atom. The van der Waals surface area contributed by atoms with Crippen molar-refractivity contribution in [1.82, 2.24) is 0 Å². The molecule has 0 N–H and O–H groups in total. The van der Waals surface area contributed by atoms with Crippen LogP contribution in [0.15, 0.2) is 60.7 Å². The molecule has 0 heterocycles. The third-order valence-corrected chi connectivity index (χ3v) is 6.64. The number of rotatable bonds is 8. The van der Waals surface area contributed by atoms with E-state index in [1.165, 1.54) is 36.8 Å². The Morgan fingerprint density at radius 2 is 1.03 bits per heavy atom. The number of benzene rings is 2. The maximum atomic E-state index is 5.26. The topological polar surface area (TPSA) is 18.5 Å². The highest BCUT2D eigenvalue weighted by atomic mass is 16.5. The number of methoxy groups -OCH3 is 2. The third-order valence-electron chi connectivity index (χ3n) is 6.64. The van der Waals surface area contributed by atoms with E-state index in [0.717, 1.165) is 23.3 Å². The van der Waals surface area contributed by atoms with Crippen molar-refractivity contribution in [3.8, 4) is 11.5 Å². The molecule has 0 radical (unpaired) electrons. The molecule has 1 fully saturated rings. The average molecular weight is 405 g/mol. The van der Waals surface area contributed by atoms with Crippen LogP contribution in [0.25, 0.3) is 12.2 Å². The van der Waals surface area contributed by atoms with E-state index >= 15 is 0 Å². The van der Waals surface area contributed by atoms with E-state index in [1.807, 2.05) is 24.3 Å². The van der Waals surface area contributed by atoms with Gasteiger partial charge in [0.25, 0.3) is 0 Å². The molecule has 2 unspecified atom stereocenters. The molecule has 1 saturated carbocycles. The summed E-state index contributed by atoms with van der Waals surface area (Å²) >= 11 is 0. The van der Waals surface area contributed by atoms with Crippen LogP contribution in [0.3, 0.4) is 0 Å². The second-order valence-electron chi connectivity index (χ2n) is 8.59. The zero-order valence-corrected chi connectivity index (χ0v) is 18.9. The third kappa shape index (κ3) is 6.01. The number of allylic oxidation sites excluding steroid dienone is 2. The fourth-order valence-corrected chi connectivity index (χ4v) is 4.74. The second-order valence-corrected chi connectivity index (χ2v) is 8.59. The van der Waals surface area contributed by atoms with Crippen molar-refractivity contribution in [2.75, 3.05) is 14.2 Å². The molecule has 0 amide bonds. The molecular weight excluding hydrogens is 368 g/mol. The Balaban J connectivity index is 1.64. The molecule has 0 bridgehead atoms. The standard InChI is InChI=1S/C28H36O2/c1-21(9-11-23-13-17-25(29-3)18-14-23)27-7-5-6-8-28(27)22(2)10-12-24-15-19-26(30-4)20-16-24/h9-22,27-28H,5-8H2,1-4H3/t21?,22?,27-,28-/m0/s1. The fraction of sp³-hybridized carbons (Fsp3) is 0.429. The van der Waals surface area contributed by atoms with E-state index in [4.69, 9.17) is 9.47 Å². The molecular formula is C28H36O2. The molecule has 2 aromatic carbocycles. The highest BCUT2D eigenvalue weighted by molar-refractivity contribution is 5.51. The lowest BCUT2D eigenvalue weighted by atomic mass is 9.68. The first kappa shape index (κ1) is 22.2. The van der Waals surface area contributed by atoms with Crippen molar-refractivity contribution in [3.63, 3.8) is 0 Å². The molecule has 2 nitrogen and oxygen atoms in total. The molecule has 30 heavy (non-hydrogen) atoms. The minimum Gasteiger partial charge on any atom is -0.497 e. The van der Waals surface area contributed by atoms with E-state index in [0.29, 0.717) is 11.8 Å². The number of hydrogen-bond acceptors (Lipinski definition) is 2. The van der Waals surface area contributed by atoms with Gasteiger partial charge in [0.1, 0.15) is 11.5 Å². The van der Waals surface area contributed by atoms with Crippen molar-refractivity contribution in [2.24, 2.45) is 23.7 Å². The molecule has 1 aliphatic rings. The molecule has 1 aliphatic carbocycles. The van der Waals surface area contributed by atoms with Gasteiger partial charge < -0.3 is 9.47 Å². The summed E-state index contributed by atoms with van der Waals surface area (Å²) in [4.78, 5) is 0. The van der Waals surface area contributed by atoms with E-state index in [2.05, 4.69) is 62.4 Å². The Kier molecular flexibility index (Phi) is 8.19. The van der Waals surface area contributed by atoms with Crippen molar-refractivity contribution < 1.29 is 9.47 Å². The molecule has 2 aromatic rings. The Bertz CT molecular complexity index is 745. The SMILES string of the molecule is COc1ccc(C=CC(C)[C@@H]2CCCC[C@H]2C(C)C=Cc2ccc(OC)cc2)cc1. The van der Waals surface area contributed by atoms with Crippen LogP contribution >= 0.6 is 0 Å². The van der Waals surface area contributed by atoms with Crippen LogP contribution in [0, 0.1) is 23.7 Å². The van der Waals surface area contributed by atoms with E-state index in [1.54, 1.807) is 14.2 Å². The molecule has 4 atom stereocenters. The lowest BCUT2D eigenvalue weighted by Gasteiger charge is -2.37. The minimum absolute atomic E-state index is 0.578. The zero-order chi connectivity index (χ0) is 21.3. The van der Waals surface area contributed by atoms with Crippen LogP contribution in [0.2, 0.25) is 0 Å². The van der Waals surface area contributed by atoms with Gasteiger partial charge in [-0.1, -0.05) is 75.3 Å². The quantitative estimate of drug-likeness (QED) is 0.453. The largest absolute Gasteiger partial charge is 0.497 e. The molecule has 0 spiro atoms. The summed E-state index contributed by atoms with van der Waals surface area (Å²) in [6.45, 7) is 4.78. The molecule has 0 saturated heterocycles.